The number of nitrogens with one attached hydrogen (secondary N) is 2. The highest BCUT2D eigenvalue weighted by Crippen LogP contribution is 2.31. The zero-order valence-corrected chi connectivity index (χ0v) is 13.9. The van der Waals surface area contributed by atoms with Crippen molar-refractivity contribution in [2.24, 2.45) is 5.73 Å². The van der Waals surface area contributed by atoms with E-state index < -0.39 is 17.9 Å². The number of methoxy groups -OCH3 is 1. The average molecular weight is 373 g/mol. The molecule has 0 unspecified atom stereocenters. The monoisotopic (exact) mass is 373 g/mol. The molecule has 0 aliphatic heterocycles. The van der Waals surface area contributed by atoms with Gasteiger partial charge in [0.25, 0.3) is 11.7 Å². The number of halogens is 3. The molecule has 26 heavy (non-hydrogen) atoms. The minimum atomic E-state index is -4.66. The van der Waals surface area contributed by atoms with E-state index in [2.05, 4.69) is 20.5 Å². The molecule has 1 amide bonds. The van der Waals surface area contributed by atoms with Crippen LogP contribution in [-0.2, 0) is 12.7 Å². The third-order valence-electron chi connectivity index (χ3n) is 3.24. The number of aromatic amines is 1. The molecule has 142 valence electrons. The number of alkyl halides is 3. The van der Waals surface area contributed by atoms with Gasteiger partial charge >= 0.3 is 6.18 Å². The Balaban J connectivity index is 2.10. The van der Waals surface area contributed by atoms with Crippen LogP contribution in [0.3, 0.4) is 0 Å². The smallest absolute Gasteiger partial charge is 0.453 e. The van der Waals surface area contributed by atoms with E-state index >= 15 is 0 Å². The quantitative estimate of drug-likeness (QED) is 0.604. The number of hydrogen-bond acceptors (Lipinski definition) is 6. The van der Waals surface area contributed by atoms with E-state index in [9.17, 15) is 18.0 Å². The lowest BCUT2D eigenvalue weighted by molar-refractivity contribution is -0.144. The molecule has 11 heteroatoms. The standard InChI is InChI=1S/C15H18F3N5O3/c1-25-10-5-2-4-9(12(10)26-7-3-6-19)13(24)20-8-11-21-14(23-22-11)15(16,17)18/h2,4-5H,3,6-8,19H2,1H3,(H,20,24)(H,21,22,23). The fraction of sp³-hybridized carbons (Fsp3) is 0.400. The average Bonchev–Trinajstić information content (AvgIpc) is 3.09. The second-order valence-corrected chi connectivity index (χ2v) is 5.11. The van der Waals surface area contributed by atoms with Crippen molar-refractivity contribution in [2.75, 3.05) is 20.3 Å². The maximum atomic E-state index is 12.5. The molecule has 4 N–H and O–H groups in total. The molecule has 0 bridgehead atoms. The highest BCUT2D eigenvalue weighted by molar-refractivity contribution is 5.97. The lowest BCUT2D eigenvalue weighted by Crippen LogP contribution is -2.24. The van der Waals surface area contributed by atoms with Crippen molar-refractivity contribution < 1.29 is 27.4 Å². The van der Waals surface area contributed by atoms with E-state index in [0.717, 1.165) is 0 Å². The van der Waals surface area contributed by atoms with Crippen molar-refractivity contribution in [2.45, 2.75) is 19.1 Å². The van der Waals surface area contributed by atoms with Crippen LogP contribution in [0.5, 0.6) is 11.5 Å². The number of nitrogens with zero attached hydrogens (tertiary/aromatic N) is 2. The molecule has 0 radical (unpaired) electrons. The van der Waals surface area contributed by atoms with E-state index in [0.29, 0.717) is 18.7 Å². The maximum absolute atomic E-state index is 12.5. The van der Waals surface area contributed by atoms with Crippen molar-refractivity contribution in [3.05, 3.63) is 35.4 Å². The van der Waals surface area contributed by atoms with Gasteiger partial charge in [0.1, 0.15) is 5.82 Å². The zero-order chi connectivity index (χ0) is 19.2. The van der Waals surface area contributed by atoms with Crippen LogP contribution in [0.1, 0.15) is 28.4 Å². The highest BCUT2D eigenvalue weighted by Gasteiger charge is 2.36. The van der Waals surface area contributed by atoms with Gasteiger partial charge in [0.15, 0.2) is 11.5 Å². The molecule has 1 aromatic heterocycles. The number of nitrogens with two attached hydrogens (primary N) is 1. The van der Waals surface area contributed by atoms with Gasteiger partial charge in [0.2, 0.25) is 0 Å². The number of hydrogen-bond donors (Lipinski definition) is 3. The predicted octanol–water partition coefficient (Wildman–Crippen LogP) is 1.49. The first-order valence-corrected chi connectivity index (χ1v) is 7.63. The summed E-state index contributed by atoms with van der Waals surface area (Å²) in [7, 11) is 1.43. The van der Waals surface area contributed by atoms with Gasteiger partial charge in [-0.3, -0.25) is 9.89 Å². The number of aromatic nitrogens is 3. The first kappa shape index (κ1) is 19.5. The summed E-state index contributed by atoms with van der Waals surface area (Å²) in [6.07, 6.45) is -4.08. The molecule has 0 spiro atoms. The van der Waals surface area contributed by atoms with Crippen molar-refractivity contribution in [1.29, 1.82) is 0 Å². The number of carbonyl (C=O) groups excluding carboxylic acids is 1. The van der Waals surface area contributed by atoms with E-state index in [1.54, 1.807) is 12.1 Å². The van der Waals surface area contributed by atoms with Crippen molar-refractivity contribution in [3.8, 4) is 11.5 Å². The fourth-order valence-electron chi connectivity index (χ4n) is 2.02. The normalized spacial score (nSPS) is 11.3. The van der Waals surface area contributed by atoms with Gasteiger partial charge in [-0.05, 0) is 25.1 Å². The molecule has 2 rings (SSSR count). The molecule has 0 aliphatic rings. The molecule has 0 saturated heterocycles. The minimum absolute atomic E-state index is 0.126. The molecule has 0 fully saturated rings. The fourth-order valence-corrected chi connectivity index (χ4v) is 2.02. The van der Waals surface area contributed by atoms with Gasteiger partial charge in [0, 0.05) is 0 Å². The molecule has 2 aromatic rings. The Morgan fingerprint density at radius 1 is 1.38 bits per heavy atom. The Kier molecular flexibility index (Phi) is 6.39. The van der Waals surface area contributed by atoms with Crippen molar-refractivity contribution in [3.63, 3.8) is 0 Å². The van der Waals surface area contributed by atoms with E-state index in [1.807, 2.05) is 0 Å². The molecule has 0 saturated carbocycles. The largest absolute Gasteiger partial charge is 0.493 e. The lowest BCUT2D eigenvalue weighted by atomic mass is 10.1. The lowest BCUT2D eigenvalue weighted by Gasteiger charge is -2.14. The molecule has 0 atom stereocenters. The predicted molar refractivity (Wildman–Crippen MR) is 84.7 cm³/mol. The Morgan fingerprint density at radius 3 is 2.77 bits per heavy atom. The Labute approximate surface area is 146 Å². The number of benzene rings is 1. The summed E-state index contributed by atoms with van der Waals surface area (Å²) in [4.78, 5) is 15.7. The maximum Gasteiger partial charge on any atom is 0.453 e. The SMILES string of the molecule is COc1cccc(C(=O)NCc2nc(C(F)(F)F)n[nH]2)c1OCCCN. The van der Waals surface area contributed by atoms with Gasteiger partial charge in [-0.15, -0.1) is 5.10 Å². The number of rotatable bonds is 8. The summed E-state index contributed by atoms with van der Waals surface area (Å²) < 4.78 is 48.2. The van der Waals surface area contributed by atoms with Gasteiger partial charge in [-0.2, -0.15) is 13.2 Å². The Morgan fingerprint density at radius 2 is 2.15 bits per heavy atom. The summed E-state index contributed by atoms with van der Waals surface area (Å²) in [6, 6.07) is 4.73. The third-order valence-corrected chi connectivity index (χ3v) is 3.24. The minimum Gasteiger partial charge on any atom is -0.493 e. The molecule has 0 aliphatic carbocycles. The van der Waals surface area contributed by atoms with E-state index in [-0.39, 0.29) is 30.3 Å². The topological polar surface area (TPSA) is 115 Å². The van der Waals surface area contributed by atoms with Gasteiger partial charge < -0.3 is 20.5 Å². The molecule has 8 nitrogen and oxygen atoms in total. The van der Waals surface area contributed by atoms with Crippen LogP contribution in [0.4, 0.5) is 13.2 Å². The number of para-hydroxylation sites is 1. The van der Waals surface area contributed by atoms with Crippen molar-refractivity contribution in [1.82, 2.24) is 20.5 Å². The second kappa shape index (κ2) is 8.52. The van der Waals surface area contributed by atoms with Crippen LogP contribution in [-0.4, -0.2) is 41.3 Å². The Bertz CT molecular complexity index is 748. The van der Waals surface area contributed by atoms with Crippen LogP contribution in [0.2, 0.25) is 0 Å². The molecular weight excluding hydrogens is 355 g/mol. The van der Waals surface area contributed by atoms with Gasteiger partial charge in [0.05, 0.1) is 25.8 Å². The molecule has 1 heterocycles. The summed E-state index contributed by atoms with van der Waals surface area (Å²) >= 11 is 0. The summed E-state index contributed by atoms with van der Waals surface area (Å²) in [5, 5.41) is 7.66. The zero-order valence-electron chi connectivity index (χ0n) is 13.9. The van der Waals surface area contributed by atoms with Crippen LogP contribution < -0.4 is 20.5 Å². The number of carbonyl (C=O) groups is 1. The summed E-state index contributed by atoms with van der Waals surface area (Å²) in [5.74, 6) is -1.40. The van der Waals surface area contributed by atoms with E-state index in [1.165, 1.54) is 13.2 Å². The number of H-pyrrole nitrogens is 1. The number of ether oxygens (including phenoxy) is 2. The Hall–Kier alpha value is -2.82. The highest BCUT2D eigenvalue weighted by atomic mass is 19.4. The van der Waals surface area contributed by atoms with Crippen LogP contribution in [0, 0.1) is 0 Å². The van der Waals surface area contributed by atoms with Crippen LogP contribution in [0.15, 0.2) is 18.2 Å². The summed E-state index contributed by atoms with van der Waals surface area (Å²) in [5.41, 5.74) is 5.60. The number of amides is 1. The van der Waals surface area contributed by atoms with Crippen LogP contribution >= 0.6 is 0 Å². The van der Waals surface area contributed by atoms with Gasteiger partial charge in [-0.25, -0.2) is 4.98 Å². The third kappa shape index (κ3) is 4.85. The first-order valence-electron chi connectivity index (χ1n) is 7.63. The van der Waals surface area contributed by atoms with Crippen LogP contribution in [0.25, 0.3) is 0 Å². The van der Waals surface area contributed by atoms with E-state index in [4.69, 9.17) is 15.2 Å². The van der Waals surface area contributed by atoms with Crippen molar-refractivity contribution >= 4 is 5.91 Å². The second-order valence-electron chi connectivity index (χ2n) is 5.11. The molecule has 1 aromatic carbocycles. The molecular formula is C15H18F3N5O3. The van der Waals surface area contributed by atoms with Gasteiger partial charge in [-0.1, -0.05) is 6.07 Å². The summed E-state index contributed by atoms with van der Waals surface area (Å²) in [6.45, 7) is 0.444. The first-order chi connectivity index (χ1) is 12.4.